The van der Waals surface area contributed by atoms with E-state index in [1.54, 1.807) is 18.3 Å². The summed E-state index contributed by atoms with van der Waals surface area (Å²) in [5.74, 6) is 1.06. The van der Waals surface area contributed by atoms with Crippen LogP contribution in [0.4, 0.5) is 0 Å². The lowest BCUT2D eigenvalue weighted by atomic mass is 10.1. The van der Waals surface area contributed by atoms with Gasteiger partial charge in [-0.15, -0.1) is 0 Å². The molecule has 1 aromatic rings. The first-order valence-corrected chi connectivity index (χ1v) is 7.66. The lowest BCUT2D eigenvalue weighted by Gasteiger charge is -2.13. The van der Waals surface area contributed by atoms with Crippen LogP contribution in [-0.2, 0) is 16.6 Å². The molecular weight excluding hydrogens is 250 g/mol. The molecule has 0 spiro atoms. The first kappa shape index (κ1) is 13.5. The highest BCUT2D eigenvalue weighted by molar-refractivity contribution is 7.89. The number of nitrogens with one attached hydrogen (secondary N) is 1. The molecule has 3 N–H and O–H groups in total. The van der Waals surface area contributed by atoms with Crippen molar-refractivity contribution in [2.45, 2.75) is 31.2 Å². The van der Waals surface area contributed by atoms with Crippen molar-refractivity contribution in [1.82, 2.24) is 9.71 Å². The van der Waals surface area contributed by atoms with E-state index in [2.05, 4.69) is 16.6 Å². The summed E-state index contributed by atoms with van der Waals surface area (Å²) in [7, 11) is -3.50. The second-order valence-corrected chi connectivity index (χ2v) is 6.55. The number of sulfonamides is 1. The quantitative estimate of drug-likeness (QED) is 0.802. The summed E-state index contributed by atoms with van der Waals surface area (Å²) >= 11 is 0. The molecule has 1 aliphatic carbocycles. The van der Waals surface area contributed by atoms with Crippen LogP contribution in [0.15, 0.2) is 23.2 Å². The van der Waals surface area contributed by atoms with Crippen LogP contribution in [0, 0.1) is 11.8 Å². The second-order valence-electron chi connectivity index (χ2n) is 4.82. The van der Waals surface area contributed by atoms with Crippen molar-refractivity contribution in [3.8, 4) is 0 Å². The summed E-state index contributed by atoms with van der Waals surface area (Å²) in [6.07, 6.45) is 3.97. The topological polar surface area (TPSA) is 85.1 Å². The van der Waals surface area contributed by atoms with Crippen molar-refractivity contribution in [3.63, 3.8) is 0 Å². The van der Waals surface area contributed by atoms with Gasteiger partial charge in [-0.2, -0.15) is 0 Å². The van der Waals surface area contributed by atoms with Gasteiger partial charge in [0.2, 0.25) is 10.0 Å². The number of pyridine rings is 1. The van der Waals surface area contributed by atoms with Gasteiger partial charge in [-0.3, -0.25) is 4.98 Å². The molecule has 1 atom stereocenters. The van der Waals surface area contributed by atoms with Gasteiger partial charge < -0.3 is 5.73 Å². The first-order valence-electron chi connectivity index (χ1n) is 6.18. The van der Waals surface area contributed by atoms with E-state index in [9.17, 15) is 8.42 Å². The second kappa shape index (κ2) is 5.34. The third-order valence-electron chi connectivity index (χ3n) is 3.35. The highest BCUT2D eigenvalue weighted by Crippen LogP contribution is 2.36. The van der Waals surface area contributed by atoms with Gasteiger partial charge in [0.1, 0.15) is 4.90 Å². The van der Waals surface area contributed by atoms with Gasteiger partial charge in [0.15, 0.2) is 0 Å². The van der Waals surface area contributed by atoms with E-state index in [1.165, 1.54) is 12.8 Å². The maximum atomic E-state index is 12.2. The zero-order valence-electron chi connectivity index (χ0n) is 10.5. The van der Waals surface area contributed by atoms with Gasteiger partial charge in [-0.25, -0.2) is 13.1 Å². The van der Waals surface area contributed by atoms with Crippen LogP contribution < -0.4 is 10.5 Å². The fourth-order valence-corrected chi connectivity index (χ4v) is 3.31. The molecule has 5 nitrogen and oxygen atoms in total. The first-order chi connectivity index (χ1) is 8.54. The average Bonchev–Trinajstić information content (AvgIpc) is 3.20. The van der Waals surface area contributed by atoms with Gasteiger partial charge in [0.25, 0.3) is 0 Å². The van der Waals surface area contributed by atoms with Crippen LogP contribution >= 0.6 is 0 Å². The van der Waals surface area contributed by atoms with Crippen LogP contribution in [0.1, 0.15) is 25.5 Å². The van der Waals surface area contributed by atoms with Crippen molar-refractivity contribution in [3.05, 3.63) is 24.0 Å². The molecule has 0 radical (unpaired) electrons. The molecule has 2 rings (SSSR count). The van der Waals surface area contributed by atoms with Crippen molar-refractivity contribution in [1.29, 1.82) is 0 Å². The fraction of sp³-hybridized carbons (Fsp3) is 0.583. The van der Waals surface area contributed by atoms with E-state index in [0.717, 1.165) is 0 Å². The van der Waals surface area contributed by atoms with Crippen LogP contribution in [0.5, 0.6) is 0 Å². The Kier molecular flexibility index (Phi) is 3.99. The van der Waals surface area contributed by atoms with Gasteiger partial charge in [-0.1, -0.05) is 6.92 Å². The van der Waals surface area contributed by atoms with E-state index < -0.39 is 10.0 Å². The lowest BCUT2D eigenvalue weighted by Crippen LogP contribution is -2.30. The molecule has 0 amide bonds. The number of hydrogen-bond donors (Lipinski definition) is 2. The SMILES string of the molecule is CC(CNS(=O)(=O)c1cccnc1CN)C1CC1. The third-order valence-corrected chi connectivity index (χ3v) is 4.85. The van der Waals surface area contributed by atoms with Crippen LogP contribution in [-0.4, -0.2) is 19.9 Å². The summed E-state index contributed by atoms with van der Waals surface area (Å²) < 4.78 is 27.0. The van der Waals surface area contributed by atoms with Gasteiger partial charge >= 0.3 is 0 Å². The van der Waals surface area contributed by atoms with E-state index in [4.69, 9.17) is 5.73 Å². The Hall–Kier alpha value is -0.980. The summed E-state index contributed by atoms with van der Waals surface area (Å²) in [5, 5.41) is 0. The number of nitrogens with zero attached hydrogens (tertiary/aromatic N) is 1. The molecule has 1 heterocycles. The molecule has 18 heavy (non-hydrogen) atoms. The zero-order chi connectivity index (χ0) is 13.2. The van der Waals surface area contributed by atoms with Crippen molar-refractivity contribution < 1.29 is 8.42 Å². The number of aromatic nitrogens is 1. The third kappa shape index (κ3) is 3.07. The maximum absolute atomic E-state index is 12.2. The van der Waals surface area contributed by atoms with E-state index in [1.807, 2.05) is 0 Å². The fourth-order valence-electron chi connectivity index (χ4n) is 1.97. The van der Waals surface area contributed by atoms with Gasteiger partial charge in [0, 0.05) is 19.3 Å². The number of rotatable bonds is 6. The van der Waals surface area contributed by atoms with Crippen LogP contribution in [0.25, 0.3) is 0 Å². The van der Waals surface area contributed by atoms with E-state index in [-0.39, 0.29) is 11.4 Å². The molecule has 0 aromatic carbocycles. The minimum atomic E-state index is -3.50. The molecule has 1 fully saturated rings. The Bertz CT molecular complexity index is 512. The summed E-state index contributed by atoms with van der Waals surface area (Å²) in [4.78, 5) is 4.18. The minimum Gasteiger partial charge on any atom is -0.325 e. The lowest BCUT2D eigenvalue weighted by molar-refractivity contribution is 0.491. The molecule has 1 unspecified atom stereocenters. The van der Waals surface area contributed by atoms with Gasteiger partial charge in [0.05, 0.1) is 5.69 Å². The Balaban J connectivity index is 2.09. The maximum Gasteiger partial charge on any atom is 0.242 e. The molecule has 0 aliphatic heterocycles. The van der Waals surface area contributed by atoms with Gasteiger partial charge in [-0.05, 0) is 36.8 Å². The standard InChI is InChI=1S/C12H19N3O2S/c1-9(10-4-5-10)8-15-18(16,17)12-3-2-6-14-11(12)7-13/h2-3,6,9-10,15H,4-5,7-8,13H2,1H3. The van der Waals surface area contributed by atoms with Crippen LogP contribution in [0.3, 0.4) is 0 Å². The molecular formula is C12H19N3O2S. The number of nitrogens with two attached hydrogens (primary N) is 1. The highest BCUT2D eigenvalue weighted by Gasteiger charge is 2.29. The molecule has 1 saturated carbocycles. The van der Waals surface area contributed by atoms with Crippen molar-refractivity contribution in [2.24, 2.45) is 17.6 Å². The summed E-state index contributed by atoms with van der Waals surface area (Å²) in [5.41, 5.74) is 5.91. The average molecular weight is 269 g/mol. The predicted molar refractivity (Wildman–Crippen MR) is 69.2 cm³/mol. The molecule has 1 aliphatic rings. The Morgan fingerprint density at radius 1 is 1.56 bits per heavy atom. The molecule has 0 bridgehead atoms. The smallest absolute Gasteiger partial charge is 0.242 e. The van der Waals surface area contributed by atoms with Crippen LogP contribution in [0.2, 0.25) is 0 Å². The van der Waals surface area contributed by atoms with E-state index >= 15 is 0 Å². The predicted octanol–water partition coefficient (Wildman–Crippen LogP) is 0.865. The highest BCUT2D eigenvalue weighted by atomic mass is 32.2. The summed E-state index contributed by atoms with van der Waals surface area (Å²) in [6, 6.07) is 3.15. The Labute approximate surface area is 108 Å². The van der Waals surface area contributed by atoms with Crippen molar-refractivity contribution in [2.75, 3.05) is 6.54 Å². The Morgan fingerprint density at radius 2 is 2.28 bits per heavy atom. The molecule has 1 aromatic heterocycles. The van der Waals surface area contributed by atoms with E-state index in [0.29, 0.717) is 24.1 Å². The minimum absolute atomic E-state index is 0.120. The molecule has 100 valence electrons. The molecule has 0 saturated heterocycles. The number of hydrogen-bond acceptors (Lipinski definition) is 4. The Morgan fingerprint density at radius 3 is 2.89 bits per heavy atom. The normalized spacial score (nSPS) is 17.7. The monoisotopic (exact) mass is 269 g/mol. The zero-order valence-corrected chi connectivity index (χ0v) is 11.3. The van der Waals surface area contributed by atoms with Crippen molar-refractivity contribution >= 4 is 10.0 Å². The largest absolute Gasteiger partial charge is 0.325 e. The molecule has 6 heteroatoms. The summed E-state index contributed by atoms with van der Waals surface area (Å²) in [6.45, 7) is 2.68.